The number of carbonyl (C=O) groups excluding carboxylic acids is 1. The molecule has 0 saturated heterocycles. The number of nitrogens with one attached hydrogen (secondary N) is 2. The van der Waals surface area contributed by atoms with Crippen molar-refractivity contribution in [3.63, 3.8) is 0 Å². The Bertz CT molecular complexity index is 836. The smallest absolute Gasteiger partial charge is 0.238 e. The van der Waals surface area contributed by atoms with E-state index in [1.807, 2.05) is 0 Å². The second-order valence-electron chi connectivity index (χ2n) is 6.88. The van der Waals surface area contributed by atoms with Crippen molar-refractivity contribution in [3.05, 3.63) is 51.7 Å². The second kappa shape index (κ2) is 7.98. The van der Waals surface area contributed by atoms with Crippen LogP contribution in [-0.4, -0.2) is 12.5 Å². The minimum atomic E-state index is -0.274. The van der Waals surface area contributed by atoms with Crippen molar-refractivity contribution in [2.45, 2.75) is 39.2 Å². The van der Waals surface area contributed by atoms with Gasteiger partial charge in [0.25, 0.3) is 0 Å². The zero-order valence-corrected chi connectivity index (χ0v) is 15.8. The zero-order chi connectivity index (χ0) is 18.7. The van der Waals surface area contributed by atoms with Crippen molar-refractivity contribution in [3.8, 4) is 6.07 Å². The zero-order valence-electron chi connectivity index (χ0n) is 14.9. The molecule has 3 rings (SSSR count). The number of nitriles is 1. The summed E-state index contributed by atoms with van der Waals surface area (Å²) >= 11 is 1.52. The van der Waals surface area contributed by atoms with E-state index < -0.39 is 0 Å². The molecule has 1 aliphatic carbocycles. The van der Waals surface area contributed by atoms with Gasteiger partial charge in [0, 0.05) is 10.9 Å². The molecule has 136 valence electrons. The molecule has 0 aliphatic heterocycles. The number of halogens is 1. The average molecular weight is 371 g/mol. The fourth-order valence-corrected chi connectivity index (χ4v) is 4.65. The third-order valence-corrected chi connectivity index (χ3v) is 5.87. The number of carbonyl (C=O) groups is 1. The highest BCUT2D eigenvalue weighted by Gasteiger charge is 2.23. The van der Waals surface area contributed by atoms with Gasteiger partial charge in [-0.25, -0.2) is 4.39 Å². The molecule has 4 nitrogen and oxygen atoms in total. The first-order valence-electron chi connectivity index (χ1n) is 8.83. The highest BCUT2D eigenvalue weighted by Crippen LogP contribution is 2.38. The van der Waals surface area contributed by atoms with E-state index in [1.54, 1.807) is 12.1 Å². The van der Waals surface area contributed by atoms with Crippen LogP contribution >= 0.6 is 11.3 Å². The highest BCUT2D eigenvalue weighted by atomic mass is 32.1. The quantitative estimate of drug-likeness (QED) is 0.801. The Labute approximate surface area is 157 Å². The van der Waals surface area contributed by atoms with Gasteiger partial charge in [0.2, 0.25) is 5.91 Å². The Balaban J connectivity index is 1.64. The summed E-state index contributed by atoms with van der Waals surface area (Å²) in [5, 5.41) is 16.2. The summed E-state index contributed by atoms with van der Waals surface area (Å²) in [6, 6.07) is 8.52. The second-order valence-corrected chi connectivity index (χ2v) is 7.98. The Morgan fingerprint density at radius 3 is 2.69 bits per heavy atom. The first kappa shape index (κ1) is 18.6. The largest absolute Gasteiger partial charge is 0.315 e. The molecule has 1 heterocycles. The van der Waals surface area contributed by atoms with Crippen LogP contribution in [-0.2, 0) is 17.6 Å². The maximum Gasteiger partial charge on any atom is 0.238 e. The third kappa shape index (κ3) is 3.95. The molecule has 26 heavy (non-hydrogen) atoms. The Kier molecular flexibility index (Phi) is 5.70. The molecular formula is C20H22FN3OS. The molecule has 1 aromatic carbocycles. The number of rotatable bonds is 6. The van der Waals surface area contributed by atoms with Gasteiger partial charge in [0.1, 0.15) is 16.9 Å². The van der Waals surface area contributed by atoms with Gasteiger partial charge in [-0.05, 0) is 48.4 Å². The fraction of sp³-hybridized carbons (Fsp3) is 0.400. The van der Waals surface area contributed by atoms with Crippen LogP contribution in [0.15, 0.2) is 24.3 Å². The van der Waals surface area contributed by atoms with Crippen LogP contribution < -0.4 is 10.6 Å². The average Bonchev–Trinajstić information content (AvgIpc) is 3.16. The summed E-state index contributed by atoms with van der Waals surface area (Å²) in [6.07, 6.45) is 2.99. The van der Waals surface area contributed by atoms with Crippen molar-refractivity contribution in [2.24, 2.45) is 5.92 Å². The molecule has 1 aromatic heterocycles. The summed E-state index contributed by atoms with van der Waals surface area (Å²) in [7, 11) is 0. The number of nitrogens with zero attached hydrogens (tertiary/aromatic N) is 1. The first-order valence-corrected chi connectivity index (χ1v) is 9.64. The van der Waals surface area contributed by atoms with Crippen LogP contribution in [0, 0.1) is 23.1 Å². The van der Waals surface area contributed by atoms with Gasteiger partial charge in [-0.1, -0.05) is 26.0 Å². The van der Waals surface area contributed by atoms with Crippen molar-refractivity contribution >= 4 is 22.2 Å². The molecule has 1 atom stereocenters. The van der Waals surface area contributed by atoms with E-state index >= 15 is 0 Å². The fourth-order valence-electron chi connectivity index (χ4n) is 3.39. The summed E-state index contributed by atoms with van der Waals surface area (Å²) in [5.74, 6) is -0.202. The number of amides is 1. The van der Waals surface area contributed by atoms with E-state index in [4.69, 9.17) is 0 Å². The predicted molar refractivity (Wildman–Crippen MR) is 102 cm³/mol. The van der Waals surface area contributed by atoms with Crippen LogP contribution in [0.4, 0.5) is 9.39 Å². The molecule has 0 spiro atoms. The van der Waals surface area contributed by atoms with Crippen molar-refractivity contribution in [1.29, 1.82) is 5.26 Å². The van der Waals surface area contributed by atoms with Gasteiger partial charge in [0.15, 0.2) is 0 Å². The normalized spacial score (nSPS) is 14.1. The molecule has 1 amide bonds. The minimum absolute atomic E-state index is 0.0508. The van der Waals surface area contributed by atoms with Crippen LogP contribution in [0.3, 0.4) is 0 Å². The minimum Gasteiger partial charge on any atom is -0.315 e. The first-order chi connectivity index (χ1) is 12.5. The van der Waals surface area contributed by atoms with Crippen molar-refractivity contribution in [2.75, 3.05) is 11.9 Å². The van der Waals surface area contributed by atoms with Crippen molar-refractivity contribution < 1.29 is 9.18 Å². The molecule has 0 saturated carbocycles. The summed E-state index contributed by atoms with van der Waals surface area (Å²) < 4.78 is 13.1. The van der Waals surface area contributed by atoms with Gasteiger partial charge in [-0.15, -0.1) is 11.3 Å². The maximum atomic E-state index is 13.1. The van der Waals surface area contributed by atoms with Crippen LogP contribution in [0.25, 0.3) is 0 Å². The van der Waals surface area contributed by atoms with Crippen LogP contribution in [0.2, 0.25) is 0 Å². The Morgan fingerprint density at radius 1 is 1.31 bits per heavy atom. The molecule has 2 aromatic rings. The van der Waals surface area contributed by atoms with Gasteiger partial charge < -0.3 is 10.6 Å². The molecule has 1 aliphatic rings. The van der Waals surface area contributed by atoms with E-state index in [9.17, 15) is 14.4 Å². The standard InChI is InChI=1S/C20H22FN3OS/c1-12(2)19(13-6-8-14(21)9-7-13)23-11-18(25)24-20-16(10-22)15-4-3-5-17(15)26-20/h6-9,12,19,23H,3-5,11H2,1-2H3,(H,24,25)/t19-/m0/s1. The lowest BCUT2D eigenvalue weighted by Crippen LogP contribution is -2.33. The number of aryl methyl sites for hydroxylation is 1. The van der Waals surface area contributed by atoms with Crippen LogP contribution in [0.5, 0.6) is 0 Å². The third-order valence-electron chi connectivity index (χ3n) is 4.66. The number of hydrogen-bond donors (Lipinski definition) is 2. The van der Waals surface area contributed by atoms with E-state index in [1.165, 1.54) is 28.3 Å². The molecule has 6 heteroatoms. The highest BCUT2D eigenvalue weighted by molar-refractivity contribution is 7.16. The van der Waals surface area contributed by atoms with Gasteiger partial charge in [-0.3, -0.25) is 4.79 Å². The SMILES string of the molecule is CC(C)[C@H](NCC(=O)Nc1sc2c(c1C#N)CCC2)c1ccc(F)cc1. The number of fused-ring (bicyclic) bond motifs is 1. The van der Waals surface area contributed by atoms with E-state index in [2.05, 4.69) is 30.6 Å². The van der Waals surface area contributed by atoms with Crippen LogP contribution in [0.1, 0.15) is 47.9 Å². The molecule has 0 bridgehead atoms. The molecule has 0 unspecified atom stereocenters. The Hall–Kier alpha value is -2.23. The number of anilines is 1. The molecule has 2 N–H and O–H groups in total. The lowest BCUT2D eigenvalue weighted by molar-refractivity contribution is -0.115. The van der Waals surface area contributed by atoms with Crippen molar-refractivity contribution in [1.82, 2.24) is 5.32 Å². The summed E-state index contributed by atoms with van der Waals surface area (Å²) in [4.78, 5) is 13.6. The number of thiophene rings is 1. The maximum absolute atomic E-state index is 13.1. The summed E-state index contributed by atoms with van der Waals surface area (Å²) in [6.45, 7) is 4.24. The molecule has 0 fully saturated rings. The van der Waals surface area contributed by atoms with E-state index in [-0.39, 0.29) is 30.2 Å². The van der Waals surface area contributed by atoms with Gasteiger partial charge in [0.05, 0.1) is 12.1 Å². The number of benzene rings is 1. The lowest BCUT2D eigenvalue weighted by Gasteiger charge is -2.22. The monoisotopic (exact) mass is 371 g/mol. The topological polar surface area (TPSA) is 64.9 Å². The summed E-state index contributed by atoms with van der Waals surface area (Å²) in [5.41, 5.74) is 2.67. The van der Waals surface area contributed by atoms with E-state index in [0.29, 0.717) is 10.6 Å². The van der Waals surface area contributed by atoms with Gasteiger partial charge >= 0.3 is 0 Å². The predicted octanol–water partition coefficient (Wildman–Crippen LogP) is 4.17. The molecule has 0 radical (unpaired) electrons. The lowest BCUT2D eigenvalue weighted by atomic mass is 9.96. The number of hydrogen-bond acceptors (Lipinski definition) is 4. The van der Waals surface area contributed by atoms with Gasteiger partial charge in [-0.2, -0.15) is 5.26 Å². The van der Waals surface area contributed by atoms with E-state index in [0.717, 1.165) is 30.4 Å². The Morgan fingerprint density at radius 2 is 2.04 bits per heavy atom. The molecular weight excluding hydrogens is 349 g/mol.